The van der Waals surface area contributed by atoms with Gasteiger partial charge in [0.05, 0.1) is 24.1 Å². The van der Waals surface area contributed by atoms with E-state index in [4.69, 9.17) is 4.98 Å². The molecule has 27 heavy (non-hydrogen) atoms. The SMILES string of the molecule is CC(C)CCn1c(CN2CCN3C(=O)CNC(=O)C3C2)nc2ccccc21. The Morgan fingerprint density at radius 2 is 2.04 bits per heavy atom. The number of aromatic nitrogens is 2. The van der Waals surface area contributed by atoms with Crippen LogP contribution in [0.25, 0.3) is 11.0 Å². The lowest BCUT2D eigenvalue weighted by molar-refractivity contribution is -0.149. The number of nitrogens with zero attached hydrogens (tertiary/aromatic N) is 4. The van der Waals surface area contributed by atoms with E-state index in [-0.39, 0.29) is 24.4 Å². The van der Waals surface area contributed by atoms with Gasteiger partial charge in [-0.1, -0.05) is 26.0 Å². The van der Waals surface area contributed by atoms with E-state index >= 15 is 0 Å². The first-order chi connectivity index (χ1) is 13.0. The van der Waals surface area contributed by atoms with Crippen molar-refractivity contribution in [1.82, 2.24) is 24.7 Å². The van der Waals surface area contributed by atoms with Gasteiger partial charge in [-0.3, -0.25) is 14.5 Å². The molecule has 1 aromatic heterocycles. The summed E-state index contributed by atoms with van der Waals surface area (Å²) < 4.78 is 2.31. The number of benzene rings is 1. The predicted octanol–water partition coefficient (Wildman–Crippen LogP) is 1.23. The highest BCUT2D eigenvalue weighted by atomic mass is 16.2. The molecule has 1 aromatic carbocycles. The Balaban J connectivity index is 1.55. The fourth-order valence-corrected chi connectivity index (χ4v) is 3.97. The van der Waals surface area contributed by atoms with Crippen molar-refractivity contribution in [2.75, 3.05) is 26.2 Å². The second-order valence-electron chi connectivity index (χ2n) is 7.91. The topological polar surface area (TPSA) is 70.5 Å². The molecule has 7 nitrogen and oxygen atoms in total. The molecule has 144 valence electrons. The number of imidazole rings is 1. The largest absolute Gasteiger partial charge is 0.345 e. The van der Waals surface area contributed by atoms with Gasteiger partial charge in [0.2, 0.25) is 11.8 Å². The molecule has 1 unspecified atom stereocenters. The lowest BCUT2D eigenvalue weighted by Gasteiger charge is -2.42. The van der Waals surface area contributed by atoms with Gasteiger partial charge >= 0.3 is 0 Å². The van der Waals surface area contributed by atoms with Gasteiger partial charge in [0.1, 0.15) is 11.9 Å². The molecular weight excluding hydrogens is 342 g/mol. The maximum Gasteiger partial charge on any atom is 0.244 e. The van der Waals surface area contributed by atoms with Crippen LogP contribution in [0.4, 0.5) is 0 Å². The summed E-state index contributed by atoms with van der Waals surface area (Å²) in [5.41, 5.74) is 2.18. The van der Waals surface area contributed by atoms with E-state index in [1.165, 1.54) is 0 Å². The molecule has 2 fully saturated rings. The molecule has 4 rings (SSSR count). The van der Waals surface area contributed by atoms with Crippen LogP contribution >= 0.6 is 0 Å². The maximum atomic E-state index is 12.2. The number of rotatable bonds is 5. The highest BCUT2D eigenvalue weighted by molar-refractivity contribution is 5.95. The Hall–Kier alpha value is -2.41. The Labute approximate surface area is 159 Å². The molecule has 0 aliphatic carbocycles. The molecule has 3 heterocycles. The second kappa shape index (κ2) is 7.31. The number of amides is 2. The third-order valence-corrected chi connectivity index (χ3v) is 5.53. The summed E-state index contributed by atoms with van der Waals surface area (Å²) in [6.45, 7) is 8.15. The molecule has 7 heteroatoms. The highest BCUT2D eigenvalue weighted by Crippen LogP contribution is 2.21. The number of hydrogen-bond donors (Lipinski definition) is 1. The van der Waals surface area contributed by atoms with Gasteiger partial charge in [0.15, 0.2) is 0 Å². The molecule has 0 bridgehead atoms. The van der Waals surface area contributed by atoms with Crippen LogP contribution in [0.2, 0.25) is 0 Å². The number of nitrogens with one attached hydrogen (secondary N) is 1. The molecule has 0 saturated carbocycles. The Morgan fingerprint density at radius 1 is 1.22 bits per heavy atom. The van der Waals surface area contributed by atoms with Gasteiger partial charge in [0, 0.05) is 26.2 Å². The number of piperazine rings is 2. The maximum absolute atomic E-state index is 12.2. The van der Waals surface area contributed by atoms with Gasteiger partial charge in [-0.25, -0.2) is 4.98 Å². The summed E-state index contributed by atoms with van der Waals surface area (Å²) in [6.07, 6.45) is 1.10. The van der Waals surface area contributed by atoms with Crippen LogP contribution in [0.3, 0.4) is 0 Å². The van der Waals surface area contributed by atoms with Crippen LogP contribution in [0.15, 0.2) is 24.3 Å². The predicted molar refractivity (Wildman–Crippen MR) is 103 cm³/mol. The van der Waals surface area contributed by atoms with Crippen LogP contribution in [-0.2, 0) is 22.7 Å². The summed E-state index contributed by atoms with van der Waals surface area (Å²) in [6, 6.07) is 7.86. The minimum absolute atomic E-state index is 0.0171. The zero-order valence-electron chi connectivity index (χ0n) is 16.0. The van der Waals surface area contributed by atoms with Gasteiger partial charge in [-0.2, -0.15) is 0 Å². The van der Waals surface area contributed by atoms with Crippen LogP contribution in [-0.4, -0.2) is 63.4 Å². The summed E-state index contributed by atoms with van der Waals surface area (Å²) in [5.74, 6) is 1.63. The summed E-state index contributed by atoms with van der Waals surface area (Å²) in [5, 5.41) is 2.70. The second-order valence-corrected chi connectivity index (χ2v) is 7.91. The van der Waals surface area contributed by atoms with Gasteiger partial charge in [-0.05, 0) is 24.5 Å². The molecule has 2 aliphatic rings. The number of carbonyl (C=O) groups excluding carboxylic acids is 2. The molecule has 2 amide bonds. The summed E-state index contributed by atoms with van der Waals surface area (Å²) in [7, 11) is 0. The van der Waals surface area contributed by atoms with E-state index in [0.29, 0.717) is 25.6 Å². The van der Waals surface area contributed by atoms with Crippen LogP contribution in [0.5, 0.6) is 0 Å². The summed E-state index contributed by atoms with van der Waals surface area (Å²) in [4.78, 5) is 33.1. The number of hydrogen-bond acceptors (Lipinski definition) is 4. The van der Waals surface area contributed by atoms with Crippen molar-refractivity contribution < 1.29 is 9.59 Å². The molecule has 0 spiro atoms. The lowest BCUT2D eigenvalue weighted by Crippen LogP contribution is -2.65. The number of fused-ring (bicyclic) bond motifs is 2. The molecule has 2 aromatic rings. The van der Waals surface area contributed by atoms with Crippen molar-refractivity contribution >= 4 is 22.8 Å². The van der Waals surface area contributed by atoms with Crippen molar-refractivity contribution in [1.29, 1.82) is 0 Å². The highest BCUT2D eigenvalue weighted by Gasteiger charge is 2.38. The van der Waals surface area contributed by atoms with E-state index in [1.807, 2.05) is 6.07 Å². The van der Waals surface area contributed by atoms with Crippen LogP contribution < -0.4 is 5.32 Å². The Bertz CT molecular complexity index is 859. The monoisotopic (exact) mass is 369 g/mol. The third kappa shape index (κ3) is 3.56. The van der Waals surface area contributed by atoms with Gasteiger partial charge < -0.3 is 14.8 Å². The summed E-state index contributed by atoms with van der Waals surface area (Å²) >= 11 is 0. The van der Waals surface area contributed by atoms with Crippen LogP contribution in [0.1, 0.15) is 26.1 Å². The normalized spacial score (nSPS) is 21.0. The van der Waals surface area contributed by atoms with Crippen molar-refractivity contribution in [2.45, 2.75) is 39.4 Å². The molecule has 1 N–H and O–H groups in total. The van der Waals surface area contributed by atoms with Crippen molar-refractivity contribution in [2.24, 2.45) is 5.92 Å². The zero-order chi connectivity index (χ0) is 19.0. The minimum atomic E-state index is -0.381. The third-order valence-electron chi connectivity index (χ3n) is 5.53. The average Bonchev–Trinajstić information content (AvgIpc) is 3.00. The molecule has 0 radical (unpaired) electrons. The van der Waals surface area contributed by atoms with E-state index < -0.39 is 0 Å². The first-order valence-corrected chi connectivity index (χ1v) is 9.76. The smallest absolute Gasteiger partial charge is 0.244 e. The molecule has 2 aliphatic heterocycles. The molecule has 1 atom stereocenters. The first kappa shape index (κ1) is 18.0. The van der Waals surface area contributed by atoms with Crippen molar-refractivity contribution in [3.63, 3.8) is 0 Å². The number of carbonyl (C=O) groups is 2. The molecule has 2 saturated heterocycles. The zero-order valence-corrected chi connectivity index (χ0v) is 16.0. The van der Waals surface area contributed by atoms with Crippen molar-refractivity contribution in [3.8, 4) is 0 Å². The van der Waals surface area contributed by atoms with E-state index in [9.17, 15) is 9.59 Å². The van der Waals surface area contributed by atoms with E-state index in [1.54, 1.807) is 4.90 Å². The Kier molecular flexibility index (Phi) is 4.86. The van der Waals surface area contributed by atoms with Gasteiger partial charge in [-0.15, -0.1) is 0 Å². The fraction of sp³-hybridized carbons (Fsp3) is 0.550. The average molecular weight is 369 g/mol. The quantitative estimate of drug-likeness (QED) is 0.861. The molecular formula is C20H27N5O2. The number of aryl methyl sites for hydroxylation is 1. The lowest BCUT2D eigenvalue weighted by atomic mass is 10.1. The van der Waals surface area contributed by atoms with Crippen LogP contribution in [0, 0.1) is 5.92 Å². The van der Waals surface area contributed by atoms with Gasteiger partial charge in [0.25, 0.3) is 0 Å². The standard InChI is InChI=1S/C20H27N5O2/c1-14(2)7-8-24-16-6-4-3-5-15(16)22-18(24)13-23-9-10-25-17(12-23)20(27)21-11-19(25)26/h3-6,14,17H,7-13H2,1-2H3,(H,21,27). The van der Waals surface area contributed by atoms with Crippen molar-refractivity contribution in [3.05, 3.63) is 30.1 Å². The van der Waals surface area contributed by atoms with E-state index in [0.717, 1.165) is 36.4 Å². The van der Waals surface area contributed by atoms with E-state index in [2.05, 4.69) is 46.8 Å². The number of para-hydroxylation sites is 2. The minimum Gasteiger partial charge on any atom is -0.345 e. The Morgan fingerprint density at radius 3 is 2.85 bits per heavy atom. The fourth-order valence-electron chi connectivity index (χ4n) is 3.97. The first-order valence-electron chi connectivity index (χ1n) is 9.76.